The average molecular weight is 334 g/mol. The van der Waals surface area contributed by atoms with Gasteiger partial charge in [-0.1, -0.05) is 11.6 Å². The molecule has 2 atom stereocenters. The van der Waals surface area contributed by atoms with Gasteiger partial charge < -0.3 is 10.4 Å². The van der Waals surface area contributed by atoms with Crippen molar-refractivity contribution in [1.29, 1.82) is 0 Å². The van der Waals surface area contributed by atoms with Gasteiger partial charge in [0.25, 0.3) is 0 Å². The molecule has 0 spiro atoms. The van der Waals surface area contributed by atoms with Crippen molar-refractivity contribution in [2.45, 2.75) is 20.3 Å². The summed E-state index contributed by atoms with van der Waals surface area (Å²) in [5.74, 6) is -2.44. The third-order valence-corrected chi connectivity index (χ3v) is 4.12. The minimum absolute atomic E-state index is 0.227. The number of carboxylic acids is 1. The van der Waals surface area contributed by atoms with Gasteiger partial charge in [-0.3, -0.25) is 14.5 Å². The van der Waals surface area contributed by atoms with Crippen LogP contribution < -0.4 is 5.32 Å². The number of rotatable bonds is 5. The van der Waals surface area contributed by atoms with Gasteiger partial charge in [-0.25, -0.2) is 4.39 Å². The van der Waals surface area contributed by atoms with E-state index in [1.165, 1.54) is 24.3 Å². The lowest BCUT2D eigenvalue weighted by Crippen LogP contribution is -2.46. The summed E-state index contributed by atoms with van der Waals surface area (Å²) in [6.45, 7) is 5.56. The van der Waals surface area contributed by atoms with Crippen LogP contribution >= 0.6 is 0 Å². The van der Waals surface area contributed by atoms with E-state index in [0.717, 1.165) is 5.57 Å². The molecule has 1 saturated heterocycles. The van der Waals surface area contributed by atoms with Crippen LogP contribution in [0.4, 0.5) is 10.1 Å². The molecule has 2 N–H and O–H groups in total. The Morgan fingerprint density at radius 3 is 2.46 bits per heavy atom. The fourth-order valence-corrected chi connectivity index (χ4v) is 2.80. The Balaban J connectivity index is 2.05. The summed E-state index contributed by atoms with van der Waals surface area (Å²) < 4.78 is 12.9. The van der Waals surface area contributed by atoms with Gasteiger partial charge in [-0.2, -0.15) is 0 Å². The molecule has 5 nitrogen and oxygen atoms in total. The SMILES string of the molecule is CC(C)=CCN1C[C@H](C(=O)O)C[C@H](C(=O)Nc2ccc(F)cc2)C1. The molecular formula is C18H23FN2O3. The molecule has 1 aliphatic rings. The van der Waals surface area contributed by atoms with E-state index in [4.69, 9.17) is 0 Å². The highest BCUT2D eigenvalue weighted by atomic mass is 19.1. The fourth-order valence-electron chi connectivity index (χ4n) is 2.80. The second-order valence-corrected chi connectivity index (χ2v) is 6.46. The summed E-state index contributed by atoms with van der Waals surface area (Å²) >= 11 is 0. The summed E-state index contributed by atoms with van der Waals surface area (Å²) in [6, 6.07) is 5.53. The van der Waals surface area contributed by atoms with Crippen molar-refractivity contribution in [3.63, 3.8) is 0 Å². The van der Waals surface area contributed by atoms with Crippen molar-refractivity contribution >= 4 is 17.6 Å². The highest BCUT2D eigenvalue weighted by Gasteiger charge is 2.34. The highest BCUT2D eigenvalue weighted by molar-refractivity contribution is 5.93. The standard InChI is InChI=1S/C18H23FN2O3/c1-12(2)7-8-21-10-13(9-14(11-21)18(23)24)17(22)20-16-5-3-15(19)4-6-16/h3-7,13-14H,8-11H2,1-2H3,(H,20,22)(H,23,24)/t13-,14+/m0/s1. The van der Waals surface area contributed by atoms with E-state index in [9.17, 15) is 19.1 Å². The van der Waals surface area contributed by atoms with Crippen molar-refractivity contribution < 1.29 is 19.1 Å². The number of anilines is 1. The molecule has 1 aliphatic heterocycles. The molecule has 24 heavy (non-hydrogen) atoms. The number of carboxylic acid groups (broad SMARTS) is 1. The van der Waals surface area contributed by atoms with Crippen LogP contribution in [0.2, 0.25) is 0 Å². The largest absolute Gasteiger partial charge is 0.481 e. The Kier molecular flexibility index (Phi) is 6.09. The van der Waals surface area contributed by atoms with E-state index < -0.39 is 17.8 Å². The molecule has 1 heterocycles. The summed E-state index contributed by atoms with van der Waals surface area (Å²) in [5.41, 5.74) is 1.66. The molecule has 130 valence electrons. The summed E-state index contributed by atoms with van der Waals surface area (Å²) in [4.78, 5) is 25.8. The number of carbonyl (C=O) groups excluding carboxylic acids is 1. The van der Waals surface area contributed by atoms with E-state index in [-0.39, 0.29) is 11.7 Å². The first kappa shape index (κ1) is 18.1. The van der Waals surface area contributed by atoms with Crippen molar-refractivity contribution in [1.82, 2.24) is 4.90 Å². The van der Waals surface area contributed by atoms with Gasteiger partial charge in [-0.15, -0.1) is 0 Å². The molecule has 0 radical (unpaired) electrons. The molecule has 1 fully saturated rings. The van der Waals surface area contributed by atoms with Crippen LogP contribution in [0.3, 0.4) is 0 Å². The van der Waals surface area contributed by atoms with E-state index >= 15 is 0 Å². The molecule has 2 rings (SSSR count). The molecular weight excluding hydrogens is 311 g/mol. The van der Waals surface area contributed by atoms with Crippen molar-refractivity contribution in [2.24, 2.45) is 11.8 Å². The molecule has 0 aromatic heterocycles. The zero-order valence-corrected chi connectivity index (χ0v) is 14.0. The maximum Gasteiger partial charge on any atom is 0.307 e. The molecule has 0 aliphatic carbocycles. The highest BCUT2D eigenvalue weighted by Crippen LogP contribution is 2.24. The predicted molar refractivity (Wildman–Crippen MR) is 90.1 cm³/mol. The molecule has 0 unspecified atom stereocenters. The maximum absolute atomic E-state index is 12.9. The Labute approximate surface area is 141 Å². The number of nitrogens with zero attached hydrogens (tertiary/aromatic N) is 1. The molecule has 6 heteroatoms. The van der Waals surface area contributed by atoms with Crippen LogP contribution in [-0.4, -0.2) is 41.5 Å². The molecule has 0 bridgehead atoms. The Bertz CT molecular complexity index is 624. The maximum atomic E-state index is 12.9. The molecule has 1 amide bonds. The molecule has 1 aromatic rings. The Morgan fingerprint density at radius 1 is 1.25 bits per heavy atom. The second kappa shape index (κ2) is 8.06. The van der Waals surface area contributed by atoms with Gasteiger partial charge in [-0.05, 0) is 44.5 Å². The van der Waals surface area contributed by atoms with Gasteiger partial charge in [0.2, 0.25) is 5.91 Å². The first-order chi connectivity index (χ1) is 11.3. The first-order valence-corrected chi connectivity index (χ1v) is 8.00. The van der Waals surface area contributed by atoms with Gasteiger partial charge in [0.1, 0.15) is 5.82 Å². The van der Waals surface area contributed by atoms with Gasteiger partial charge in [0.05, 0.1) is 11.8 Å². The lowest BCUT2D eigenvalue weighted by molar-refractivity contribution is -0.145. The number of amides is 1. The van der Waals surface area contributed by atoms with Crippen LogP contribution in [0.25, 0.3) is 0 Å². The third kappa shape index (κ3) is 5.16. The van der Waals surface area contributed by atoms with Gasteiger partial charge in [0, 0.05) is 25.3 Å². The van der Waals surface area contributed by atoms with Crippen molar-refractivity contribution in [2.75, 3.05) is 25.0 Å². The topological polar surface area (TPSA) is 69.6 Å². The Morgan fingerprint density at radius 2 is 1.88 bits per heavy atom. The lowest BCUT2D eigenvalue weighted by Gasteiger charge is -2.35. The summed E-state index contributed by atoms with van der Waals surface area (Å²) in [6.07, 6.45) is 2.34. The number of hydrogen-bond donors (Lipinski definition) is 2. The van der Waals surface area contributed by atoms with Crippen LogP contribution in [0.5, 0.6) is 0 Å². The van der Waals surface area contributed by atoms with Gasteiger partial charge in [0.15, 0.2) is 0 Å². The van der Waals surface area contributed by atoms with Crippen LogP contribution in [0, 0.1) is 17.7 Å². The minimum atomic E-state index is -0.878. The predicted octanol–water partition coefficient (Wildman–Crippen LogP) is 2.75. The number of carbonyl (C=O) groups is 2. The lowest BCUT2D eigenvalue weighted by atomic mass is 9.88. The van der Waals surface area contributed by atoms with E-state index in [0.29, 0.717) is 31.7 Å². The van der Waals surface area contributed by atoms with Crippen LogP contribution in [-0.2, 0) is 9.59 Å². The van der Waals surface area contributed by atoms with E-state index in [1.54, 1.807) is 0 Å². The summed E-state index contributed by atoms with van der Waals surface area (Å²) in [7, 11) is 0. The number of halogens is 1. The number of allylic oxidation sites excluding steroid dienone is 1. The quantitative estimate of drug-likeness (QED) is 0.813. The fraction of sp³-hybridized carbons (Fsp3) is 0.444. The molecule has 1 aromatic carbocycles. The van der Waals surface area contributed by atoms with Crippen LogP contribution in [0.15, 0.2) is 35.9 Å². The number of piperidine rings is 1. The minimum Gasteiger partial charge on any atom is -0.481 e. The Hall–Kier alpha value is -2.21. The summed E-state index contributed by atoms with van der Waals surface area (Å²) in [5, 5.41) is 12.1. The zero-order chi connectivity index (χ0) is 17.7. The average Bonchev–Trinajstić information content (AvgIpc) is 2.54. The van der Waals surface area contributed by atoms with Gasteiger partial charge >= 0.3 is 5.97 Å². The van der Waals surface area contributed by atoms with E-state index in [1.807, 2.05) is 24.8 Å². The second-order valence-electron chi connectivity index (χ2n) is 6.46. The van der Waals surface area contributed by atoms with Crippen molar-refractivity contribution in [3.05, 3.63) is 41.7 Å². The third-order valence-electron chi connectivity index (χ3n) is 4.12. The number of nitrogens with one attached hydrogen (secondary N) is 1. The number of hydrogen-bond acceptors (Lipinski definition) is 3. The first-order valence-electron chi connectivity index (χ1n) is 8.00. The van der Waals surface area contributed by atoms with Crippen LogP contribution in [0.1, 0.15) is 20.3 Å². The van der Waals surface area contributed by atoms with Crippen molar-refractivity contribution in [3.8, 4) is 0 Å². The normalized spacial score (nSPS) is 21.1. The monoisotopic (exact) mass is 334 g/mol. The number of likely N-dealkylation sites (tertiary alicyclic amines) is 1. The number of benzene rings is 1. The number of aliphatic carboxylic acids is 1. The van der Waals surface area contributed by atoms with E-state index in [2.05, 4.69) is 5.32 Å². The molecule has 0 saturated carbocycles. The zero-order valence-electron chi connectivity index (χ0n) is 14.0. The smallest absolute Gasteiger partial charge is 0.307 e.